The number of carbonyl (C=O) groups is 1. The van der Waals surface area contributed by atoms with Gasteiger partial charge in [0.15, 0.2) is 0 Å². The predicted octanol–water partition coefficient (Wildman–Crippen LogP) is 5.48. The van der Waals surface area contributed by atoms with Crippen LogP contribution in [0.4, 0.5) is 4.79 Å². The van der Waals surface area contributed by atoms with Crippen LogP contribution < -0.4 is 4.74 Å². The van der Waals surface area contributed by atoms with Crippen molar-refractivity contribution in [2.75, 3.05) is 32.2 Å². The van der Waals surface area contributed by atoms with Gasteiger partial charge >= 0.3 is 6.09 Å². The number of carbonyl (C=O) groups excluding carboxylic acids is 1. The Bertz CT molecular complexity index is 628. The van der Waals surface area contributed by atoms with Gasteiger partial charge in [0.25, 0.3) is 0 Å². The minimum atomic E-state index is -0.283. The van der Waals surface area contributed by atoms with Crippen molar-refractivity contribution >= 4 is 17.9 Å². The van der Waals surface area contributed by atoms with Crippen molar-refractivity contribution in [3.05, 3.63) is 53.6 Å². The highest BCUT2D eigenvalue weighted by atomic mass is 32.2. The smallest absolute Gasteiger partial charge is 0.409 e. The molecule has 0 aliphatic heterocycles. The maximum Gasteiger partial charge on any atom is 0.409 e. The van der Waals surface area contributed by atoms with Crippen molar-refractivity contribution in [2.45, 2.75) is 39.7 Å². The summed E-state index contributed by atoms with van der Waals surface area (Å²) in [6.45, 7) is 7.19. The molecular weight excluding hydrogens is 358 g/mol. The zero-order valence-electron chi connectivity index (χ0n) is 17.2. The molecule has 1 rings (SSSR count). The predicted molar refractivity (Wildman–Crippen MR) is 116 cm³/mol. The third kappa shape index (κ3) is 9.05. The molecule has 27 heavy (non-hydrogen) atoms. The average molecular weight is 392 g/mol. The first kappa shape index (κ1) is 23.2. The Morgan fingerprint density at radius 1 is 1.37 bits per heavy atom. The molecule has 0 aliphatic rings. The van der Waals surface area contributed by atoms with Gasteiger partial charge in [0, 0.05) is 25.8 Å². The Morgan fingerprint density at radius 3 is 2.78 bits per heavy atom. The number of rotatable bonds is 11. The number of nitrogens with zero attached hydrogens (tertiary/aromatic N) is 1. The van der Waals surface area contributed by atoms with Crippen molar-refractivity contribution in [1.29, 1.82) is 0 Å². The second-order valence-corrected chi connectivity index (χ2v) is 7.35. The lowest BCUT2D eigenvalue weighted by Crippen LogP contribution is -2.32. The summed E-state index contributed by atoms with van der Waals surface area (Å²) in [5, 5.41) is 0. The lowest BCUT2D eigenvalue weighted by Gasteiger charge is -2.24. The first-order valence-corrected chi connectivity index (χ1v) is 10.8. The fourth-order valence-electron chi connectivity index (χ4n) is 2.57. The summed E-state index contributed by atoms with van der Waals surface area (Å²) in [7, 11) is 1.77. The Kier molecular flexibility index (Phi) is 11.4. The first-order valence-electron chi connectivity index (χ1n) is 9.43. The van der Waals surface area contributed by atoms with Gasteiger partial charge in [-0.2, -0.15) is 11.8 Å². The molecule has 0 saturated heterocycles. The third-order valence-corrected chi connectivity index (χ3v) is 4.72. The van der Waals surface area contributed by atoms with Gasteiger partial charge in [0.1, 0.15) is 18.5 Å². The zero-order valence-corrected chi connectivity index (χ0v) is 18.1. The molecule has 0 fully saturated rings. The molecule has 1 aromatic rings. The molecule has 0 spiro atoms. The molecule has 1 unspecified atom stereocenters. The van der Waals surface area contributed by atoms with Gasteiger partial charge in [-0.15, -0.1) is 0 Å². The molecule has 1 aromatic carbocycles. The van der Waals surface area contributed by atoms with E-state index in [2.05, 4.69) is 26.0 Å². The van der Waals surface area contributed by atoms with Crippen LogP contribution in [-0.4, -0.2) is 49.3 Å². The van der Waals surface area contributed by atoms with Crippen molar-refractivity contribution < 1.29 is 14.3 Å². The van der Waals surface area contributed by atoms with Gasteiger partial charge in [-0.25, -0.2) is 4.79 Å². The zero-order chi connectivity index (χ0) is 20.1. The van der Waals surface area contributed by atoms with E-state index in [9.17, 15) is 4.79 Å². The Labute approximate surface area is 168 Å². The molecule has 5 heteroatoms. The molecule has 1 atom stereocenters. The SMILES string of the molecule is C/C=C\C=C(/CC)C(CCN(C)C(=O)OCCSC)Oc1cccc(C)c1. The van der Waals surface area contributed by atoms with E-state index in [1.54, 1.807) is 23.7 Å². The number of ether oxygens (including phenoxy) is 2. The van der Waals surface area contributed by atoms with Gasteiger partial charge in [0.2, 0.25) is 0 Å². The van der Waals surface area contributed by atoms with Crippen LogP contribution in [0.15, 0.2) is 48.1 Å². The minimum absolute atomic E-state index is 0.0885. The molecule has 0 radical (unpaired) electrons. The summed E-state index contributed by atoms with van der Waals surface area (Å²) >= 11 is 1.66. The minimum Gasteiger partial charge on any atom is -0.486 e. The molecule has 0 heterocycles. The summed E-state index contributed by atoms with van der Waals surface area (Å²) in [5.74, 6) is 1.66. The molecular formula is C22H33NO3S. The molecule has 0 bridgehead atoms. The van der Waals surface area contributed by atoms with Crippen LogP contribution in [0.3, 0.4) is 0 Å². The number of hydrogen-bond donors (Lipinski definition) is 0. The Balaban J connectivity index is 2.80. The molecule has 0 saturated carbocycles. The number of hydrogen-bond acceptors (Lipinski definition) is 4. The summed E-state index contributed by atoms with van der Waals surface area (Å²) in [6, 6.07) is 8.06. The van der Waals surface area contributed by atoms with Gasteiger partial charge in [0.05, 0.1) is 0 Å². The van der Waals surface area contributed by atoms with Crippen LogP contribution in [0.25, 0.3) is 0 Å². The summed E-state index contributed by atoms with van der Waals surface area (Å²) in [6.07, 6.45) is 9.37. The molecule has 0 aliphatic carbocycles. The first-order chi connectivity index (χ1) is 13.0. The topological polar surface area (TPSA) is 38.8 Å². The molecule has 0 aromatic heterocycles. The Hall–Kier alpha value is -1.88. The molecule has 4 nitrogen and oxygen atoms in total. The maximum absolute atomic E-state index is 12.1. The van der Waals surface area contributed by atoms with E-state index in [-0.39, 0.29) is 12.2 Å². The van der Waals surface area contributed by atoms with E-state index in [0.29, 0.717) is 19.6 Å². The van der Waals surface area contributed by atoms with E-state index >= 15 is 0 Å². The average Bonchev–Trinajstić information content (AvgIpc) is 2.66. The highest BCUT2D eigenvalue weighted by Crippen LogP contribution is 2.21. The number of amides is 1. The lowest BCUT2D eigenvalue weighted by molar-refractivity contribution is 0.111. The van der Waals surface area contributed by atoms with Gasteiger partial charge < -0.3 is 14.4 Å². The fraction of sp³-hybridized carbons (Fsp3) is 0.500. The summed E-state index contributed by atoms with van der Waals surface area (Å²) in [4.78, 5) is 13.7. The number of benzene rings is 1. The van der Waals surface area contributed by atoms with Crippen molar-refractivity contribution in [1.82, 2.24) is 4.90 Å². The molecule has 150 valence electrons. The van der Waals surface area contributed by atoms with Gasteiger partial charge in [-0.1, -0.05) is 37.3 Å². The summed E-state index contributed by atoms with van der Waals surface area (Å²) < 4.78 is 11.6. The monoisotopic (exact) mass is 391 g/mol. The fourth-order valence-corrected chi connectivity index (χ4v) is 2.82. The van der Waals surface area contributed by atoms with Crippen molar-refractivity contribution in [2.24, 2.45) is 0 Å². The quantitative estimate of drug-likeness (QED) is 0.370. The summed E-state index contributed by atoms with van der Waals surface area (Å²) in [5.41, 5.74) is 2.37. The molecule has 0 N–H and O–H groups in total. The second-order valence-electron chi connectivity index (χ2n) is 6.36. The van der Waals surface area contributed by atoms with Crippen LogP contribution in [0.5, 0.6) is 5.75 Å². The van der Waals surface area contributed by atoms with Gasteiger partial charge in [-0.3, -0.25) is 0 Å². The van der Waals surface area contributed by atoms with Crippen LogP contribution in [0.1, 0.15) is 32.3 Å². The van der Waals surface area contributed by atoms with E-state index in [1.807, 2.05) is 43.5 Å². The highest BCUT2D eigenvalue weighted by molar-refractivity contribution is 7.98. The Morgan fingerprint density at radius 2 is 2.15 bits per heavy atom. The van der Waals surface area contributed by atoms with Gasteiger partial charge in [-0.05, 0) is 49.8 Å². The van der Waals surface area contributed by atoms with Crippen molar-refractivity contribution in [3.8, 4) is 5.75 Å². The van der Waals surface area contributed by atoms with Crippen LogP contribution in [0, 0.1) is 6.92 Å². The number of allylic oxidation sites excluding steroid dienone is 3. The number of thioether (sulfide) groups is 1. The van der Waals surface area contributed by atoms with Crippen molar-refractivity contribution in [3.63, 3.8) is 0 Å². The van der Waals surface area contributed by atoms with Crippen LogP contribution in [-0.2, 0) is 4.74 Å². The standard InChI is InChI=1S/C22H33NO3S/c1-6-8-11-19(7-2)21(26-20-12-9-10-18(3)17-20)13-14-23(4)22(24)25-15-16-27-5/h6,8-12,17,21H,7,13-16H2,1-5H3/b8-6-,19-11+. The third-order valence-electron chi connectivity index (χ3n) is 4.14. The normalized spacial score (nSPS) is 12.9. The van der Waals surface area contributed by atoms with Crippen LogP contribution in [0.2, 0.25) is 0 Å². The maximum atomic E-state index is 12.1. The van der Waals surface area contributed by atoms with E-state index in [1.165, 1.54) is 5.57 Å². The highest BCUT2D eigenvalue weighted by Gasteiger charge is 2.18. The number of aryl methyl sites for hydroxylation is 1. The largest absolute Gasteiger partial charge is 0.486 e. The van der Waals surface area contributed by atoms with E-state index in [0.717, 1.165) is 23.5 Å². The van der Waals surface area contributed by atoms with E-state index < -0.39 is 0 Å². The van der Waals surface area contributed by atoms with Crippen LogP contribution >= 0.6 is 11.8 Å². The lowest BCUT2D eigenvalue weighted by atomic mass is 10.0. The molecule has 1 amide bonds. The second kappa shape index (κ2) is 13.3. The van der Waals surface area contributed by atoms with E-state index in [4.69, 9.17) is 9.47 Å².